The van der Waals surface area contributed by atoms with Gasteiger partial charge < -0.3 is 4.90 Å². The number of sulfonamides is 1. The minimum Gasteiger partial charge on any atom is -0.340 e. The molecule has 0 bridgehead atoms. The third-order valence-electron chi connectivity index (χ3n) is 4.63. The molecule has 0 radical (unpaired) electrons. The fourth-order valence-corrected chi connectivity index (χ4v) is 4.90. The summed E-state index contributed by atoms with van der Waals surface area (Å²) in [6, 6.07) is 9.66. The van der Waals surface area contributed by atoms with Crippen molar-refractivity contribution in [1.82, 2.24) is 9.21 Å². The maximum atomic E-state index is 12.7. The molecule has 0 atom stereocenters. The van der Waals surface area contributed by atoms with Crippen LogP contribution in [0.15, 0.2) is 47.4 Å². The maximum Gasteiger partial charge on any atom is 0.269 e. The molecule has 1 aliphatic heterocycles. The van der Waals surface area contributed by atoms with Crippen LogP contribution in [0.5, 0.6) is 0 Å². The number of nitrogens with zero attached hydrogens (tertiary/aromatic N) is 3. The zero-order valence-electron chi connectivity index (χ0n) is 15.1. The van der Waals surface area contributed by atoms with E-state index in [1.165, 1.54) is 16.4 Å². The summed E-state index contributed by atoms with van der Waals surface area (Å²) < 4.78 is 26.7. The first kappa shape index (κ1) is 21.5. The number of nitro benzene ring substituents is 1. The summed E-state index contributed by atoms with van der Waals surface area (Å²) in [6.45, 7) is 0.769. The Kier molecular flexibility index (Phi) is 6.42. The van der Waals surface area contributed by atoms with E-state index in [0.717, 1.165) is 12.1 Å². The lowest BCUT2D eigenvalue weighted by Crippen LogP contribution is -2.50. The van der Waals surface area contributed by atoms with Crippen LogP contribution in [0.2, 0.25) is 10.0 Å². The van der Waals surface area contributed by atoms with Gasteiger partial charge in [-0.05, 0) is 29.8 Å². The highest BCUT2D eigenvalue weighted by molar-refractivity contribution is 7.89. The van der Waals surface area contributed by atoms with Crippen molar-refractivity contribution in [3.8, 4) is 0 Å². The number of piperazine rings is 1. The largest absolute Gasteiger partial charge is 0.340 e. The van der Waals surface area contributed by atoms with E-state index < -0.39 is 14.9 Å². The molecule has 154 valence electrons. The highest BCUT2D eigenvalue weighted by atomic mass is 35.5. The van der Waals surface area contributed by atoms with Gasteiger partial charge in [0.25, 0.3) is 5.69 Å². The molecule has 0 spiro atoms. The van der Waals surface area contributed by atoms with Crippen LogP contribution in [-0.4, -0.2) is 54.6 Å². The summed E-state index contributed by atoms with van der Waals surface area (Å²) >= 11 is 12.0. The van der Waals surface area contributed by atoms with E-state index in [1.807, 2.05) is 0 Å². The summed E-state index contributed by atoms with van der Waals surface area (Å²) in [6.07, 6.45) is 0.102. The first-order chi connectivity index (χ1) is 13.7. The number of hydrogen-bond acceptors (Lipinski definition) is 5. The van der Waals surface area contributed by atoms with E-state index in [9.17, 15) is 23.3 Å². The molecule has 1 aliphatic rings. The number of carbonyl (C=O) groups excluding carboxylic acids is 1. The molecule has 2 aromatic carbocycles. The number of carbonyl (C=O) groups is 1. The van der Waals surface area contributed by atoms with Gasteiger partial charge in [0.05, 0.1) is 16.2 Å². The zero-order chi connectivity index (χ0) is 21.2. The van der Waals surface area contributed by atoms with Crippen molar-refractivity contribution in [2.45, 2.75) is 11.3 Å². The monoisotopic (exact) mass is 457 g/mol. The third kappa shape index (κ3) is 4.87. The maximum absolute atomic E-state index is 12.7. The molecule has 0 saturated carbocycles. The second-order valence-corrected chi connectivity index (χ2v) is 9.23. The molecule has 0 aliphatic carbocycles. The summed E-state index contributed by atoms with van der Waals surface area (Å²) in [5.74, 6) is -0.151. The van der Waals surface area contributed by atoms with Crippen LogP contribution in [0.3, 0.4) is 0 Å². The van der Waals surface area contributed by atoms with Crippen LogP contribution in [0, 0.1) is 10.1 Å². The smallest absolute Gasteiger partial charge is 0.269 e. The Morgan fingerprint density at radius 2 is 1.66 bits per heavy atom. The van der Waals surface area contributed by atoms with Crippen molar-refractivity contribution < 1.29 is 18.1 Å². The normalized spacial score (nSPS) is 15.3. The van der Waals surface area contributed by atoms with E-state index in [4.69, 9.17) is 23.2 Å². The molecular weight excluding hydrogens is 441 g/mol. The molecular formula is C18H17Cl2N3O5S. The molecule has 1 amide bonds. The average molecular weight is 458 g/mol. The van der Waals surface area contributed by atoms with E-state index in [2.05, 4.69) is 0 Å². The molecule has 3 rings (SSSR count). The Morgan fingerprint density at radius 3 is 2.21 bits per heavy atom. The Morgan fingerprint density at radius 1 is 1.03 bits per heavy atom. The lowest BCUT2D eigenvalue weighted by molar-refractivity contribution is -0.384. The Hall–Kier alpha value is -2.20. The predicted octanol–water partition coefficient (Wildman–Crippen LogP) is 2.98. The van der Waals surface area contributed by atoms with Gasteiger partial charge >= 0.3 is 0 Å². The highest BCUT2D eigenvalue weighted by Gasteiger charge is 2.30. The average Bonchev–Trinajstić information content (AvgIpc) is 2.70. The topological polar surface area (TPSA) is 101 Å². The van der Waals surface area contributed by atoms with E-state index >= 15 is 0 Å². The van der Waals surface area contributed by atoms with Crippen molar-refractivity contribution in [3.63, 3.8) is 0 Å². The fourth-order valence-electron chi connectivity index (χ4n) is 3.01. The van der Waals surface area contributed by atoms with Crippen molar-refractivity contribution in [1.29, 1.82) is 0 Å². The molecule has 0 aromatic heterocycles. The number of rotatable bonds is 5. The SMILES string of the molecule is O=C(Cc1ccc(Cl)cc1Cl)N1CCN(S(=O)(=O)c2ccc([N+](=O)[O-])cc2)CC1. The van der Waals surface area contributed by atoms with Crippen molar-refractivity contribution in [2.75, 3.05) is 26.2 Å². The molecule has 8 nitrogen and oxygen atoms in total. The fraction of sp³-hybridized carbons (Fsp3) is 0.278. The van der Waals surface area contributed by atoms with Crippen LogP contribution in [0.1, 0.15) is 5.56 Å². The van der Waals surface area contributed by atoms with Gasteiger partial charge in [-0.1, -0.05) is 29.3 Å². The number of halogens is 2. The number of non-ortho nitro benzene ring substituents is 1. The first-order valence-corrected chi connectivity index (χ1v) is 10.8. The van der Waals surface area contributed by atoms with Gasteiger partial charge in [0.2, 0.25) is 15.9 Å². The van der Waals surface area contributed by atoms with Gasteiger partial charge in [0, 0.05) is 48.4 Å². The van der Waals surface area contributed by atoms with Crippen LogP contribution in [-0.2, 0) is 21.2 Å². The lowest BCUT2D eigenvalue weighted by atomic mass is 10.1. The van der Waals surface area contributed by atoms with Crippen LogP contribution >= 0.6 is 23.2 Å². The van der Waals surface area contributed by atoms with Crippen molar-refractivity contribution in [2.24, 2.45) is 0 Å². The van der Waals surface area contributed by atoms with E-state index in [1.54, 1.807) is 23.1 Å². The Bertz CT molecular complexity index is 1040. The molecule has 0 unspecified atom stereocenters. The number of nitro groups is 1. The summed E-state index contributed by atoms with van der Waals surface area (Å²) in [5, 5.41) is 11.6. The predicted molar refractivity (Wildman–Crippen MR) is 109 cm³/mol. The van der Waals surface area contributed by atoms with Gasteiger partial charge in [0.1, 0.15) is 0 Å². The molecule has 1 heterocycles. The minimum atomic E-state index is -3.79. The molecule has 11 heteroatoms. The van der Waals surface area contributed by atoms with Gasteiger partial charge in [-0.25, -0.2) is 8.42 Å². The summed E-state index contributed by atoms with van der Waals surface area (Å²) in [5.41, 5.74) is 0.474. The van der Waals surface area contributed by atoms with Gasteiger partial charge in [-0.15, -0.1) is 0 Å². The summed E-state index contributed by atoms with van der Waals surface area (Å²) in [4.78, 5) is 24.2. The van der Waals surface area contributed by atoms with E-state index in [0.29, 0.717) is 15.6 Å². The number of amides is 1. The molecule has 29 heavy (non-hydrogen) atoms. The Labute approximate surface area is 177 Å². The van der Waals surface area contributed by atoms with Gasteiger partial charge in [0.15, 0.2) is 0 Å². The van der Waals surface area contributed by atoms with Crippen molar-refractivity contribution in [3.05, 3.63) is 68.2 Å². The molecule has 1 fully saturated rings. The third-order valence-corrected chi connectivity index (χ3v) is 7.13. The van der Waals surface area contributed by atoms with Crippen molar-refractivity contribution >= 4 is 44.8 Å². The highest BCUT2D eigenvalue weighted by Crippen LogP contribution is 2.23. The first-order valence-electron chi connectivity index (χ1n) is 8.65. The van der Waals surface area contributed by atoms with Crippen LogP contribution < -0.4 is 0 Å². The number of benzene rings is 2. The van der Waals surface area contributed by atoms with Gasteiger partial charge in [-0.3, -0.25) is 14.9 Å². The summed E-state index contributed by atoms with van der Waals surface area (Å²) in [7, 11) is -3.79. The van der Waals surface area contributed by atoms with Crippen LogP contribution in [0.4, 0.5) is 5.69 Å². The lowest BCUT2D eigenvalue weighted by Gasteiger charge is -2.34. The number of hydrogen-bond donors (Lipinski definition) is 0. The second-order valence-electron chi connectivity index (χ2n) is 6.45. The minimum absolute atomic E-state index is 0.0178. The van der Waals surface area contributed by atoms with Crippen LogP contribution in [0.25, 0.3) is 0 Å². The quantitative estimate of drug-likeness (QED) is 0.507. The second kappa shape index (κ2) is 8.66. The molecule has 0 N–H and O–H groups in total. The standard InChI is InChI=1S/C18H17Cl2N3O5S/c19-14-2-1-13(17(20)12-14)11-18(24)21-7-9-22(10-8-21)29(27,28)16-5-3-15(4-6-16)23(25)26/h1-6,12H,7-11H2. The Balaban J connectivity index is 1.63. The molecule has 1 saturated heterocycles. The van der Waals surface area contributed by atoms with Gasteiger partial charge in [-0.2, -0.15) is 4.31 Å². The van der Waals surface area contributed by atoms with E-state index in [-0.39, 0.29) is 49.1 Å². The zero-order valence-corrected chi connectivity index (χ0v) is 17.5. The molecule has 2 aromatic rings.